The van der Waals surface area contributed by atoms with Gasteiger partial charge in [-0.15, -0.1) is 0 Å². The van der Waals surface area contributed by atoms with E-state index < -0.39 is 11.9 Å². The van der Waals surface area contributed by atoms with Crippen molar-refractivity contribution >= 4 is 11.6 Å². The molecule has 0 spiro atoms. The van der Waals surface area contributed by atoms with E-state index >= 15 is 0 Å². The molecule has 1 amide bonds. The molecule has 1 aliphatic rings. The van der Waals surface area contributed by atoms with Crippen LogP contribution in [0.15, 0.2) is 18.2 Å². The zero-order valence-electron chi connectivity index (χ0n) is 13.7. The third kappa shape index (κ3) is 4.65. The van der Waals surface area contributed by atoms with Crippen molar-refractivity contribution in [3.63, 3.8) is 0 Å². The number of morpholine rings is 1. The molecule has 2 atom stereocenters. The van der Waals surface area contributed by atoms with Crippen LogP contribution in [0, 0.1) is 11.7 Å². The molecule has 1 fully saturated rings. The molecule has 1 heterocycles. The van der Waals surface area contributed by atoms with Crippen LogP contribution in [0.2, 0.25) is 0 Å². The average molecular weight is 324 g/mol. The molecule has 2 N–H and O–H groups in total. The molecule has 128 valence electrons. The summed E-state index contributed by atoms with van der Waals surface area (Å²) >= 11 is 0. The zero-order valence-corrected chi connectivity index (χ0v) is 13.7. The Morgan fingerprint density at radius 2 is 2.13 bits per heavy atom. The molecule has 0 saturated carbocycles. The minimum atomic E-state index is -0.596. The largest absolute Gasteiger partial charge is 0.391 e. The van der Waals surface area contributed by atoms with Crippen LogP contribution < -0.4 is 10.2 Å². The first-order valence-corrected chi connectivity index (χ1v) is 8.11. The van der Waals surface area contributed by atoms with Gasteiger partial charge in [-0.1, -0.05) is 20.3 Å². The topological polar surface area (TPSA) is 61.8 Å². The number of nitrogens with zero attached hydrogens (tertiary/aromatic N) is 1. The van der Waals surface area contributed by atoms with Gasteiger partial charge in [-0.25, -0.2) is 4.39 Å². The van der Waals surface area contributed by atoms with Crippen LogP contribution in [0.4, 0.5) is 10.1 Å². The number of amides is 1. The highest BCUT2D eigenvalue weighted by Crippen LogP contribution is 2.21. The van der Waals surface area contributed by atoms with Crippen LogP contribution >= 0.6 is 0 Å². The third-order valence-corrected chi connectivity index (χ3v) is 4.33. The number of nitrogens with one attached hydrogen (secondary N) is 1. The summed E-state index contributed by atoms with van der Waals surface area (Å²) in [4.78, 5) is 14.0. The number of halogens is 1. The van der Waals surface area contributed by atoms with Crippen LogP contribution in [0.25, 0.3) is 0 Å². The molecule has 23 heavy (non-hydrogen) atoms. The maximum absolute atomic E-state index is 14.3. The normalized spacial score (nSPS) is 17.7. The van der Waals surface area contributed by atoms with Crippen molar-refractivity contribution < 1.29 is 19.0 Å². The summed E-state index contributed by atoms with van der Waals surface area (Å²) in [6, 6.07) is 4.48. The summed E-state index contributed by atoms with van der Waals surface area (Å²) in [5.41, 5.74) is 0.750. The monoisotopic (exact) mass is 324 g/mol. The molecular formula is C17H25FN2O3. The van der Waals surface area contributed by atoms with Gasteiger partial charge in [0.05, 0.1) is 25.0 Å². The molecule has 0 aliphatic carbocycles. The van der Waals surface area contributed by atoms with Crippen molar-refractivity contribution in [3.05, 3.63) is 29.6 Å². The highest BCUT2D eigenvalue weighted by molar-refractivity contribution is 5.94. The van der Waals surface area contributed by atoms with E-state index in [0.29, 0.717) is 32.0 Å². The minimum absolute atomic E-state index is 0.107. The zero-order chi connectivity index (χ0) is 16.8. The number of carbonyl (C=O) groups excluding carboxylic acids is 1. The molecule has 0 radical (unpaired) electrons. The van der Waals surface area contributed by atoms with Crippen LogP contribution in [-0.4, -0.2) is 50.0 Å². The van der Waals surface area contributed by atoms with E-state index in [2.05, 4.69) is 5.32 Å². The van der Waals surface area contributed by atoms with Gasteiger partial charge in [0, 0.05) is 25.2 Å². The molecule has 2 rings (SSSR count). The summed E-state index contributed by atoms with van der Waals surface area (Å²) in [5, 5.41) is 12.5. The van der Waals surface area contributed by atoms with Crippen LogP contribution in [-0.2, 0) is 4.74 Å². The number of anilines is 1. The summed E-state index contributed by atoms with van der Waals surface area (Å²) in [5.74, 6) is -0.683. The predicted molar refractivity (Wildman–Crippen MR) is 87.2 cm³/mol. The van der Waals surface area contributed by atoms with E-state index in [1.807, 2.05) is 18.7 Å². The van der Waals surface area contributed by atoms with Crippen molar-refractivity contribution in [3.8, 4) is 0 Å². The highest BCUT2D eigenvalue weighted by atomic mass is 19.1. The van der Waals surface area contributed by atoms with E-state index in [0.717, 1.165) is 6.42 Å². The van der Waals surface area contributed by atoms with Crippen LogP contribution in [0.1, 0.15) is 30.6 Å². The summed E-state index contributed by atoms with van der Waals surface area (Å²) in [6.07, 6.45) is 0.237. The number of aliphatic hydroxyl groups is 1. The molecule has 1 saturated heterocycles. The van der Waals surface area contributed by atoms with Gasteiger partial charge in [-0.05, 0) is 24.1 Å². The second-order valence-electron chi connectivity index (χ2n) is 5.93. The Hall–Kier alpha value is -1.66. The molecule has 0 aromatic heterocycles. The quantitative estimate of drug-likeness (QED) is 0.838. The molecule has 1 aromatic carbocycles. The number of benzene rings is 1. The second kappa shape index (κ2) is 8.26. The van der Waals surface area contributed by atoms with Gasteiger partial charge >= 0.3 is 0 Å². The van der Waals surface area contributed by atoms with E-state index in [1.54, 1.807) is 12.1 Å². The SMILES string of the molecule is CCC(C)C(O)CNC(=O)c1ccc(N2CCOCC2)c(F)c1. The number of aliphatic hydroxyl groups excluding tert-OH is 1. The fourth-order valence-electron chi connectivity index (χ4n) is 2.48. The van der Waals surface area contributed by atoms with Crippen LogP contribution in [0.5, 0.6) is 0 Å². The maximum atomic E-state index is 14.3. The van der Waals surface area contributed by atoms with Crippen molar-refractivity contribution in [1.29, 1.82) is 0 Å². The lowest BCUT2D eigenvalue weighted by Crippen LogP contribution is -2.37. The molecule has 1 aromatic rings. The standard InChI is InChI=1S/C17H25FN2O3/c1-3-12(2)16(21)11-19-17(22)13-4-5-15(14(18)10-13)20-6-8-23-9-7-20/h4-5,10,12,16,21H,3,6-9,11H2,1-2H3,(H,19,22). The Morgan fingerprint density at radius 3 is 2.74 bits per heavy atom. The van der Waals surface area contributed by atoms with Crippen molar-refractivity contribution in [1.82, 2.24) is 5.32 Å². The van der Waals surface area contributed by atoms with Crippen molar-refractivity contribution in [2.24, 2.45) is 5.92 Å². The molecular weight excluding hydrogens is 299 g/mol. The third-order valence-electron chi connectivity index (χ3n) is 4.33. The number of ether oxygens (including phenoxy) is 1. The Kier molecular flexibility index (Phi) is 6.36. The fraction of sp³-hybridized carbons (Fsp3) is 0.588. The number of hydrogen-bond acceptors (Lipinski definition) is 4. The van der Waals surface area contributed by atoms with Crippen molar-refractivity contribution in [2.45, 2.75) is 26.4 Å². The van der Waals surface area contributed by atoms with E-state index in [1.165, 1.54) is 6.07 Å². The van der Waals surface area contributed by atoms with Gasteiger partial charge in [0.25, 0.3) is 5.91 Å². The van der Waals surface area contributed by atoms with Gasteiger partial charge in [0.2, 0.25) is 0 Å². The molecule has 0 bridgehead atoms. The lowest BCUT2D eigenvalue weighted by Gasteiger charge is -2.29. The lowest BCUT2D eigenvalue weighted by molar-refractivity contribution is 0.0850. The summed E-state index contributed by atoms with van der Waals surface area (Å²) in [6.45, 7) is 6.52. The average Bonchev–Trinajstić information content (AvgIpc) is 2.59. The molecule has 6 heteroatoms. The van der Waals surface area contributed by atoms with E-state index in [4.69, 9.17) is 4.74 Å². The fourth-order valence-corrected chi connectivity index (χ4v) is 2.48. The van der Waals surface area contributed by atoms with E-state index in [-0.39, 0.29) is 23.9 Å². The van der Waals surface area contributed by atoms with Crippen LogP contribution in [0.3, 0.4) is 0 Å². The summed E-state index contributed by atoms with van der Waals surface area (Å²) in [7, 11) is 0. The van der Waals surface area contributed by atoms with E-state index in [9.17, 15) is 14.3 Å². The Balaban J connectivity index is 1.97. The Morgan fingerprint density at radius 1 is 1.43 bits per heavy atom. The number of rotatable bonds is 6. The Labute approximate surface area is 136 Å². The van der Waals surface area contributed by atoms with Crippen molar-refractivity contribution in [2.75, 3.05) is 37.7 Å². The molecule has 5 nitrogen and oxygen atoms in total. The molecule has 1 aliphatic heterocycles. The highest BCUT2D eigenvalue weighted by Gasteiger charge is 2.18. The van der Waals surface area contributed by atoms with Gasteiger partial charge in [0.15, 0.2) is 0 Å². The second-order valence-corrected chi connectivity index (χ2v) is 5.93. The lowest BCUT2D eigenvalue weighted by atomic mass is 10.0. The van der Waals surface area contributed by atoms with Gasteiger partial charge < -0.3 is 20.1 Å². The molecule has 2 unspecified atom stereocenters. The smallest absolute Gasteiger partial charge is 0.251 e. The predicted octanol–water partition coefficient (Wildman–Crippen LogP) is 1.80. The minimum Gasteiger partial charge on any atom is -0.391 e. The maximum Gasteiger partial charge on any atom is 0.251 e. The first kappa shape index (κ1) is 17.7. The first-order chi connectivity index (χ1) is 11.0. The first-order valence-electron chi connectivity index (χ1n) is 8.11. The summed E-state index contributed by atoms with van der Waals surface area (Å²) < 4.78 is 19.5. The van der Waals surface area contributed by atoms with Gasteiger partial charge in [-0.2, -0.15) is 0 Å². The van der Waals surface area contributed by atoms with Gasteiger partial charge in [0.1, 0.15) is 5.82 Å². The Bertz CT molecular complexity index is 533. The van der Waals surface area contributed by atoms with Gasteiger partial charge in [-0.3, -0.25) is 4.79 Å². The number of hydrogen-bond donors (Lipinski definition) is 2. The number of carbonyl (C=O) groups is 1.